The Balaban J connectivity index is 1.38. The first-order chi connectivity index (χ1) is 16.2. The molecule has 3 heterocycles. The van der Waals surface area contributed by atoms with Crippen LogP contribution in [0, 0.1) is 0 Å². The van der Waals surface area contributed by atoms with Crippen molar-refractivity contribution in [1.82, 2.24) is 20.4 Å². The molecule has 0 bridgehead atoms. The van der Waals surface area contributed by atoms with Gasteiger partial charge < -0.3 is 19.6 Å². The van der Waals surface area contributed by atoms with Gasteiger partial charge >= 0.3 is 0 Å². The molecular weight excluding hydrogens is 418 g/mol. The van der Waals surface area contributed by atoms with Gasteiger partial charge in [0.15, 0.2) is 5.82 Å². The quantitative estimate of drug-likeness (QED) is 0.601. The van der Waals surface area contributed by atoms with Gasteiger partial charge in [0.2, 0.25) is 5.89 Å². The van der Waals surface area contributed by atoms with E-state index in [1.54, 1.807) is 4.90 Å². The Labute approximate surface area is 192 Å². The van der Waals surface area contributed by atoms with Crippen molar-refractivity contribution in [2.24, 2.45) is 5.16 Å². The van der Waals surface area contributed by atoms with E-state index in [0.717, 1.165) is 42.8 Å². The van der Waals surface area contributed by atoms with E-state index in [1.807, 2.05) is 42.5 Å². The fourth-order valence-corrected chi connectivity index (χ4v) is 4.56. The molecule has 2 aliphatic heterocycles. The number of aromatic nitrogens is 2. The predicted octanol–water partition coefficient (Wildman–Crippen LogP) is 3.79. The van der Waals surface area contributed by atoms with Crippen LogP contribution in [0.25, 0.3) is 11.1 Å². The number of piperidine rings is 1. The second-order valence-corrected chi connectivity index (χ2v) is 8.47. The van der Waals surface area contributed by atoms with Gasteiger partial charge in [-0.3, -0.25) is 4.79 Å². The minimum atomic E-state index is -0.339. The summed E-state index contributed by atoms with van der Waals surface area (Å²) >= 11 is 0. The van der Waals surface area contributed by atoms with Gasteiger partial charge in [0.25, 0.3) is 5.91 Å². The Hall–Kier alpha value is -3.52. The van der Waals surface area contributed by atoms with E-state index >= 15 is 0 Å². The summed E-state index contributed by atoms with van der Waals surface area (Å²) in [4.78, 5) is 24.9. The van der Waals surface area contributed by atoms with Crippen molar-refractivity contribution >= 4 is 11.6 Å². The zero-order valence-electron chi connectivity index (χ0n) is 18.6. The van der Waals surface area contributed by atoms with Crippen LogP contribution in [0.1, 0.15) is 53.3 Å². The molecule has 170 valence electrons. The average molecular weight is 446 g/mol. The number of oxime groups is 1. The molecule has 1 N–H and O–H groups in total. The first kappa shape index (κ1) is 21.3. The molecule has 0 aliphatic carbocycles. The third kappa shape index (κ3) is 4.52. The summed E-state index contributed by atoms with van der Waals surface area (Å²) in [5.41, 5.74) is 3.57. The SMILES string of the molecule is CON=C1C[C@@H](c2noc([C@@H]3CCCNC3)n2)N(C(=O)c2ccc(-c3ccccc3)cc2)C1. The standard InChI is InChI=1S/C25H27N5O3/c1-32-28-21-14-22(23-27-24(33-29-23)20-8-5-13-26-15-20)30(16-21)25(31)19-11-9-18(10-12-19)17-6-3-2-4-7-17/h2-4,6-7,9-12,20,22,26H,5,8,13-16H2,1H3/t20-,22+/m1/s1. The molecule has 3 aromatic rings. The molecule has 5 rings (SSSR count). The van der Waals surface area contributed by atoms with E-state index in [4.69, 9.17) is 9.36 Å². The van der Waals surface area contributed by atoms with E-state index in [1.165, 1.54) is 7.11 Å². The summed E-state index contributed by atoms with van der Waals surface area (Å²) < 4.78 is 5.60. The summed E-state index contributed by atoms with van der Waals surface area (Å²) in [7, 11) is 1.51. The van der Waals surface area contributed by atoms with Crippen LogP contribution in [-0.4, -0.2) is 53.4 Å². The van der Waals surface area contributed by atoms with E-state index in [0.29, 0.717) is 30.2 Å². The lowest BCUT2D eigenvalue weighted by atomic mass is 10.00. The van der Waals surface area contributed by atoms with Crippen molar-refractivity contribution < 1.29 is 14.2 Å². The van der Waals surface area contributed by atoms with Crippen molar-refractivity contribution in [3.63, 3.8) is 0 Å². The zero-order chi connectivity index (χ0) is 22.6. The van der Waals surface area contributed by atoms with Gasteiger partial charge in [-0.05, 0) is 42.6 Å². The predicted molar refractivity (Wildman–Crippen MR) is 124 cm³/mol. The van der Waals surface area contributed by atoms with Crippen LogP contribution in [-0.2, 0) is 4.84 Å². The number of benzene rings is 2. The molecule has 1 amide bonds. The molecule has 33 heavy (non-hydrogen) atoms. The van der Waals surface area contributed by atoms with Crippen molar-refractivity contribution in [1.29, 1.82) is 0 Å². The van der Waals surface area contributed by atoms with Crippen molar-refractivity contribution in [3.8, 4) is 11.1 Å². The maximum Gasteiger partial charge on any atom is 0.254 e. The monoisotopic (exact) mass is 445 g/mol. The molecule has 0 unspecified atom stereocenters. The zero-order valence-corrected chi connectivity index (χ0v) is 18.6. The van der Waals surface area contributed by atoms with Gasteiger partial charge in [-0.1, -0.05) is 52.8 Å². The molecule has 1 aromatic heterocycles. The van der Waals surface area contributed by atoms with Crippen LogP contribution in [0.2, 0.25) is 0 Å². The van der Waals surface area contributed by atoms with Gasteiger partial charge in [-0.25, -0.2) is 0 Å². The highest BCUT2D eigenvalue weighted by Gasteiger charge is 2.38. The number of carbonyl (C=O) groups is 1. The molecule has 0 radical (unpaired) electrons. The second kappa shape index (κ2) is 9.54. The van der Waals surface area contributed by atoms with Crippen molar-refractivity contribution in [2.45, 2.75) is 31.2 Å². The Bertz CT molecular complexity index is 1120. The second-order valence-electron chi connectivity index (χ2n) is 8.47. The average Bonchev–Trinajstić information content (AvgIpc) is 3.53. The Morgan fingerprint density at radius 3 is 2.67 bits per heavy atom. The number of nitrogens with zero attached hydrogens (tertiary/aromatic N) is 4. The van der Waals surface area contributed by atoms with E-state index in [9.17, 15) is 4.79 Å². The molecule has 2 fully saturated rings. The van der Waals surface area contributed by atoms with E-state index in [-0.39, 0.29) is 17.9 Å². The molecule has 2 aromatic carbocycles. The highest BCUT2D eigenvalue weighted by Crippen LogP contribution is 2.32. The van der Waals surface area contributed by atoms with Crippen LogP contribution < -0.4 is 5.32 Å². The summed E-state index contributed by atoms with van der Waals surface area (Å²) in [6.07, 6.45) is 2.62. The number of amides is 1. The molecule has 8 nitrogen and oxygen atoms in total. The minimum Gasteiger partial charge on any atom is -0.399 e. The molecule has 0 spiro atoms. The number of nitrogens with one attached hydrogen (secondary N) is 1. The largest absolute Gasteiger partial charge is 0.399 e. The molecular formula is C25H27N5O3. The summed E-state index contributed by atoms with van der Waals surface area (Å²) in [6, 6.07) is 17.4. The van der Waals surface area contributed by atoms with Crippen LogP contribution in [0.5, 0.6) is 0 Å². The molecule has 2 saturated heterocycles. The van der Waals surface area contributed by atoms with Crippen molar-refractivity contribution in [3.05, 3.63) is 71.9 Å². The number of hydrogen-bond donors (Lipinski definition) is 1. The normalized spacial score (nSPS) is 22.0. The van der Waals surface area contributed by atoms with Gasteiger partial charge in [0.1, 0.15) is 13.2 Å². The van der Waals surface area contributed by atoms with Gasteiger partial charge in [-0.15, -0.1) is 0 Å². The summed E-state index contributed by atoms with van der Waals surface area (Å²) in [6.45, 7) is 2.22. The highest BCUT2D eigenvalue weighted by molar-refractivity contribution is 6.00. The number of hydrogen-bond acceptors (Lipinski definition) is 7. The Morgan fingerprint density at radius 2 is 1.94 bits per heavy atom. The van der Waals surface area contributed by atoms with Crippen LogP contribution in [0.4, 0.5) is 0 Å². The fraction of sp³-hybridized carbons (Fsp3) is 0.360. The molecule has 2 aliphatic rings. The number of carbonyl (C=O) groups excluding carboxylic acids is 1. The lowest BCUT2D eigenvalue weighted by Gasteiger charge is -2.22. The molecule has 2 atom stereocenters. The molecule has 8 heteroatoms. The van der Waals surface area contributed by atoms with Crippen molar-refractivity contribution in [2.75, 3.05) is 26.7 Å². The lowest BCUT2D eigenvalue weighted by Crippen LogP contribution is -2.32. The van der Waals surface area contributed by atoms with Gasteiger partial charge in [-0.2, -0.15) is 4.98 Å². The maximum absolute atomic E-state index is 13.5. The topological polar surface area (TPSA) is 92.8 Å². The first-order valence-electron chi connectivity index (χ1n) is 11.3. The van der Waals surface area contributed by atoms with E-state index < -0.39 is 0 Å². The highest BCUT2D eigenvalue weighted by atomic mass is 16.6. The summed E-state index contributed by atoms with van der Waals surface area (Å²) in [5.74, 6) is 1.27. The van der Waals surface area contributed by atoms with Crippen LogP contribution >= 0.6 is 0 Å². The van der Waals surface area contributed by atoms with Gasteiger partial charge in [0.05, 0.1) is 18.2 Å². The molecule has 0 saturated carbocycles. The third-order valence-electron chi connectivity index (χ3n) is 6.28. The van der Waals surface area contributed by atoms with Crippen LogP contribution in [0.3, 0.4) is 0 Å². The van der Waals surface area contributed by atoms with Gasteiger partial charge in [0, 0.05) is 18.5 Å². The third-order valence-corrected chi connectivity index (χ3v) is 6.28. The fourth-order valence-electron chi connectivity index (χ4n) is 4.56. The maximum atomic E-state index is 13.5. The number of rotatable bonds is 5. The van der Waals surface area contributed by atoms with E-state index in [2.05, 4.69) is 32.7 Å². The Kier molecular flexibility index (Phi) is 6.17. The van der Waals surface area contributed by atoms with Crippen LogP contribution in [0.15, 0.2) is 64.3 Å². The minimum absolute atomic E-state index is 0.0911. The Morgan fingerprint density at radius 1 is 1.15 bits per heavy atom. The summed E-state index contributed by atoms with van der Waals surface area (Å²) in [5, 5.41) is 11.7. The smallest absolute Gasteiger partial charge is 0.254 e. The first-order valence-corrected chi connectivity index (χ1v) is 11.3. The lowest BCUT2D eigenvalue weighted by molar-refractivity contribution is 0.0732. The number of likely N-dealkylation sites (tertiary alicyclic amines) is 1.